The Kier molecular flexibility index (Phi) is 3.08. The van der Waals surface area contributed by atoms with Crippen LogP contribution in [-0.2, 0) is 9.53 Å². The topological polar surface area (TPSA) is 29.5 Å². The van der Waals surface area contributed by atoms with Gasteiger partial charge in [-0.1, -0.05) is 0 Å². The highest BCUT2D eigenvalue weighted by Gasteiger charge is 2.31. The number of carbonyl (C=O) groups is 1. The number of benzene rings is 1. The summed E-state index contributed by atoms with van der Waals surface area (Å²) in [5, 5.41) is 0. The first-order valence-corrected chi connectivity index (χ1v) is 5.32. The molecule has 0 amide bonds. The molecule has 1 aliphatic heterocycles. The van der Waals surface area contributed by atoms with Crippen molar-refractivity contribution in [2.75, 3.05) is 18.6 Å². The van der Waals surface area contributed by atoms with Crippen molar-refractivity contribution < 1.29 is 13.9 Å². The molecule has 1 aromatic rings. The van der Waals surface area contributed by atoms with E-state index in [1.807, 2.05) is 4.90 Å². The van der Waals surface area contributed by atoms with Crippen LogP contribution in [0.1, 0.15) is 12.8 Å². The number of esters is 1. The highest BCUT2D eigenvalue weighted by atomic mass is 19.1. The molecule has 0 spiro atoms. The van der Waals surface area contributed by atoms with Crippen LogP contribution in [0.2, 0.25) is 0 Å². The summed E-state index contributed by atoms with van der Waals surface area (Å²) in [5.74, 6) is -0.487. The second kappa shape index (κ2) is 4.51. The van der Waals surface area contributed by atoms with E-state index < -0.39 is 0 Å². The van der Waals surface area contributed by atoms with Crippen molar-refractivity contribution in [1.29, 1.82) is 0 Å². The first kappa shape index (κ1) is 10.9. The van der Waals surface area contributed by atoms with Gasteiger partial charge in [0.1, 0.15) is 11.9 Å². The Hall–Kier alpha value is -1.58. The summed E-state index contributed by atoms with van der Waals surface area (Å²) in [6, 6.07) is 5.97. The van der Waals surface area contributed by atoms with E-state index in [4.69, 9.17) is 4.74 Å². The molecule has 4 heteroatoms. The number of carbonyl (C=O) groups excluding carboxylic acids is 1. The van der Waals surface area contributed by atoms with Gasteiger partial charge in [0.25, 0.3) is 0 Å². The normalized spacial score (nSPS) is 19.9. The van der Waals surface area contributed by atoms with Crippen LogP contribution >= 0.6 is 0 Å². The SMILES string of the molecule is COC(=O)[C@@H]1CCCN1c1ccc(F)cc1. The van der Waals surface area contributed by atoms with Crippen LogP contribution in [0, 0.1) is 5.82 Å². The fourth-order valence-corrected chi connectivity index (χ4v) is 2.09. The third kappa shape index (κ3) is 2.01. The monoisotopic (exact) mass is 223 g/mol. The largest absolute Gasteiger partial charge is 0.467 e. The average Bonchev–Trinajstić information content (AvgIpc) is 2.78. The van der Waals surface area contributed by atoms with Crippen molar-refractivity contribution in [3.05, 3.63) is 30.1 Å². The van der Waals surface area contributed by atoms with Gasteiger partial charge in [-0.2, -0.15) is 0 Å². The van der Waals surface area contributed by atoms with Gasteiger partial charge in [-0.15, -0.1) is 0 Å². The summed E-state index contributed by atoms with van der Waals surface area (Å²) in [5.41, 5.74) is 0.870. The lowest BCUT2D eigenvalue weighted by Gasteiger charge is -2.24. The van der Waals surface area contributed by atoms with Crippen molar-refractivity contribution in [2.24, 2.45) is 0 Å². The zero-order valence-electron chi connectivity index (χ0n) is 9.15. The van der Waals surface area contributed by atoms with Crippen molar-refractivity contribution in [3.8, 4) is 0 Å². The van der Waals surface area contributed by atoms with Crippen LogP contribution < -0.4 is 4.90 Å². The molecule has 0 unspecified atom stereocenters. The molecule has 1 fully saturated rings. The molecule has 1 aliphatic rings. The molecular weight excluding hydrogens is 209 g/mol. The molecule has 0 N–H and O–H groups in total. The quantitative estimate of drug-likeness (QED) is 0.718. The summed E-state index contributed by atoms with van der Waals surface area (Å²) < 4.78 is 17.5. The van der Waals surface area contributed by atoms with Gasteiger partial charge in [0.05, 0.1) is 7.11 Å². The van der Waals surface area contributed by atoms with E-state index in [0.29, 0.717) is 0 Å². The maximum Gasteiger partial charge on any atom is 0.328 e. The van der Waals surface area contributed by atoms with Crippen LogP contribution in [0.15, 0.2) is 24.3 Å². The van der Waals surface area contributed by atoms with Crippen molar-refractivity contribution in [2.45, 2.75) is 18.9 Å². The van der Waals surface area contributed by atoms with Gasteiger partial charge >= 0.3 is 5.97 Å². The summed E-state index contributed by atoms with van der Waals surface area (Å²) in [6.45, 7) is 0.811. The number of ether oxygens (including phenoxy) is 1. The van der Waals surface area contributed by atoms with Gasteiger partial charge in [-0.05, 0) is 37.1 Å². The molecule has 1 atom stereocenters. The predicted octanol–water partition coefficient (Wildman–Crippen LogP) is 1.97. The van der Waals surface area contributed by atoms with Gasteiger partial charge < -0.3 is 9.64 Å². The molecule has 1 saturated heterocycles. The Balaban J connectivity index is 2.19. The van der Waals surface area contributed by atoms with Crippen molar-refractivity contribution in [3.63, 3.8) is 0 Å². The van der Waals surface area contributed by atoms with Crippen LogP contribution in [0.4, 0.5) is 10.1 Å². The molecule has 0 saturated carbocycles. The molecule has 16 heavy (non-hydrogen) atoms. The highest BCUT2D eigenvalue weighted by Crippen LogP contribution is 2.26. The highest BCUT2D eigenvalue weighted by molar-refractivity contribution is 5.80. The number of nitrogens with zero attached hydrogens (tertiary/aromatic N) is 1. The Morgan fingerprint density at radius 2 is 2.12 bits per heavy atom. The Labute approximate surface area is 93.8 Å². The summed E-state index contributed by atoms with van der Waals surface area (Å²) in [4.78, 5) is 13.5. The Morgan fingerprint density at radius 3 is 2.75 bits per heavy atom. The molecule has 0 radical (unpaired) electrons. The molecule has 0 aliphatic carbocycles. The minimum atomic E-state index is -0.266. The standard InChI is InChI=1S/C12H14FNO2/c1-16-12(15)11-3-2-8-14(11)10-6-4-9(13)5-7-10/h4-7,11H,2-3,8H2,1H3/t11-/m0/s1. The fourth-order valence-electron chi connectivity index (χ4n) is 2.09. The average molecular weight is 223 g/mol. The lowest BCUT2D eigenvalue weighted by Crippen LogP contribution is -2.36. The van der Waals surface area contributed by atoms with E-state index in [1.165, 1.54) is 19.2 Å². The summed E-state index contributed by atoms with van der Waals surface area (Å²) >= 11 is 0. The lowest BCUT2D eigenvalue weighted by molar-refractivity contribution is -0.141. The fraction of sp³-hybridized carbons (Fsp3) is 0.417. The van der Waals surface area contributed by atoms with Gasteiger partial charge in [-0.3, -0.25) is 0 Å². The zero-order chi connectivity index (χ0) is 11.5. The number of rotatable bonds is 2. The van der Waals surface area contributed by atoms with Crippen LogP contribution in [0.25, 0.3) is 0 Å². The smallest absolute Gasteiger partial charge is 0.328 e. The molecule has 86 valence electrons. The summed E-state index contributed by atoms with van der Waals surface area (Å²) in [6.07, 6.45) is 1.75. The van der Waals surface area contributed by atoms with Gasteiger partial charge in [0.15, 0.2) is 0 Å². The van der Waals surface area contributed by atoms with Crippen LogP contribution in [0.3, 0.4) is 0 Å². The number of halogens is 1. The second-order valence-corrected chi connectivity index (χ2v) is 3.85. The van der Waals surface area contributed by atoms with Crippen LogP contribution in [0.5, 0.6) is 0 Å². The predicted molar refractivity (Wildman–Crippen MR) is 58.8 cm³/mol. The third-order valence-corrected chi connectivity index (χ3v) is 2.88. The maximum absolute atomic E-state index is 12.8. The number of hydrogen-bond donors (Lipinski definition) is 0. The maximum atomic E-state index is 12.8. The van der Waals surface area contributed by atoms with Gasteiger partial charge in [-0.25, -0.2) is 9.18 Å². The minimum absolute atomic E-state index is 0.221. The van der Waals surface area contributed by atoms with Crippen molar-refractivity contribution in [1.82, 2.24) is 0 Å². The lowest BCUT2D eigenvalue weighted by atomic mass is 10.2. The van der Waals surface area contributed by atoms with Crippen LogP contribution in [-0.4, -0.2) is 25.7 Å². The number of methoxy groups -OCH3 is 1. The first-order chi connectivity index (χ1) is 7.72. The number of hydrogen-bond acceptors (Lipinski definition) is 3. The molecule has 0 bridgehead atoms. The van der Waals surface area contributed by atoms with E-state index in [1.54, 1.807) is 12.1 Å². The second-order valence-electron chi connectivity index (χ2n) is 3.85. The Morgan fingerprint density at radius 1 is 1.44 bits per heavy atom. The molecular formula is C12H14FNO2. The number of anilines is 1. The van der Waals surface area contributed by atoms with Crippen molar-refractivity contribution >= 4 is 11.7 Å². The zero-order valence-corrected chi connectivity index (χ0v) is 9.15. The summed E-state index contributed by atoms with van der Waals surface area (Å²) in [7, 11) is 1.39. The van der Waals surface area contributed by atoms with E-state index in [9.17, 15) is 9.18 Å². The molecule has 1 aromatic carbocycles. The van der Waals surface area contributed by atoms with E-state index in [0.717, 1.165) is 25.1 Å². The molecule has 3 nitrogen and oxygen atoms in total. The minimum Gasteiger partial charge on any atom is -0.467 e. The van der Waals surface area contributed by atoms with E-state index >= 15 is 0 Å². The first-order valence-electron chi connectivity index (χ1n) is 5.32. The van der Waals surface area contributed by atoms with E-state index in [2.05, 4.69) is 0 Å². The molecule has 0 aromatic heterocycles. The van der Waals surface area contributed by atoms with E-state index in [-0.39, 0.29) is 17.8 Å². The third-order valence-electron chi connectivity index (χ3n) is 2.88. The van der Waals surface area contributed by atoms with Gasteiger partial charge in [0, 0.05) is 12.2 Å². The molecule has 1 heterocycles. The Bertz CT molecular complexity index is 377. The van der Waals surface area contributed by atoms with Gasteiger partial charge in [0.2, 0.25) is 0 Å². The molecule has 2 rings (SSSR count).